The fourth-order valence-electron chi connectivity index (χ4n) is 1.05. The van der Waals surface area contributed by atoms with Crippen molar-refractivity contribution in [2.24, 2.45) is 5.73 Å². The maximum Gasteiger partial charge on any atom is 0.0926 e. The van der Waals surface area contributed by atoms with Gasteiger partial charge in [-0.3, -0.25) is 0 Å². The summed E-state index contributed by atoms with van der Waals surface area (Å²) in [5.41, 5.74) is 7.05. The van der Waals surface area contributed by atoms with Gasteiger partial charge in [0.25, 0.3) is 0 Å². The highest BCUT2D eigenvalue weighted by molar-refractivity contribution is 7.98. The van der Waals surface area contributed by atoms with Gasteiger partial charge >= 0.3 is 0 Å². The molecule has 1 rings (SSSR count). The molecule has 0 bridgehead atoms. The van der Waals surface area contributed by atoms with Gasteiger partial charge in [0.15, 0.2) is 0 Å². The van der Waals surface area contributed by atoms with Crippen LogP contribution in [0.15, 0.2) is 5.38 Å². The molecule has 0 radical (unpaired) electrons. The molecular weight excluding hydrogens is 200 g/mol. The zero-order chi connectivity index (χ0) is 9.68. The minimum Gasteiger partial charge on any atom is -0.323 e. The highest BCUT2D eigenvalue weighted by Gasteiger charge is 2.08. The molecule has 4 heteroatoms. The number of nitrogens with zero attached hydrogens (tertiary/aromatic N) is 1. The second kappa shape index (κ2) is 5.62. The minimum absolute atomic E-state index is 0.129. The predicted octanol–water partition coefficient (Wildman–Crippen LogP) is 2.46. The topological polar surface area (TPSA) is 38.9 Å². The molecule has 1 atom stereocenters. The van der Waals surface area contributed by atoms with E-state index in [1.165, 1.54) is 5.01 Å². The van der Waals surface area contributed by atoms with Crippen LogP contribution in [0.25, 0.3) is 0 Å². The fourth-order valence-corrected chi connectivity index (χ4v) is 2.35. The lowest BCUT2D eigenvalue weighted by Crippen LogP contribution is -2.11. The third-order valence-corrected chi connectivity index (χ3v) is 3.54. The van der Waals surface area contributed by atoms with Gasteiger partial charge in [0.1, 0.15) is 0 Å². The van der Waals surface area contributed by atoms with Crippen LogP contribution in [-0.2, 0) is 6.42 Å². The van der Waals surface area contributed by atoms with E-state index < -0.39 is 0 Å². The average molecular weight is 216 g/mol. The molecule has 74 valence electrons. The smallest absolute Gasteiger partial charge is 0.0926 e. The van der Waals surface area contributed by atoms with Crippen LogP contribution in [0.4, 0.5) is 0 Å². The Morgan fingerprint density at radius 1 is 1.69 bits per heavy atom. The molecule has 1 aromatic heterocycles. The van der Waals surface area contributed by atoms with Crippen LogP contribution < -0.4 is 5.73 Å². The maximum atomic E-state index is 5.98. The molecule has 2 nitrogen and oxygen atoms in total. The third-order valence-electron chi connectivity index (χ3n) is 1.88. The van der Waals surface area contributed by atoms with Crippen LogP contribution in [-0.4, -0.2) is 17.0 Å². The average Bonchev–Trinajstić information content (AvgIpc) is 2.62. The summed E-state index contributed by atoms with van der Waals surface area (Å²) in [4.78, 5) is 4.47. The van der Waals surface area contributed by atoms with Gasteiger partial charge in [-0.15, -0.1) is 11.3 Å². The monoisotopic (exact) mass is 216 g/mol. The molecular formula is C9H16N2S2. The molecule has 1 unspecified atom stereocenters. The molecule has 0 aliphatic rings. The standard InChI is InChI=1S/C9H16N2S2/c1-3-9-11-8(6-13-9)7(10)4-5-12-2/h6-7H,3-5,10H2,1-2H3. The summed E-state index contributed by atoms with van der Waals surface area (Å²) >= 11 is 3.55. The second-order valence-electron chi connectivity index (χ2n) is 2.91. The van der Waals surface area contributed by atoms with Gasteiger partial charge in [-0.25, -0.2) is 4.98 Å². The summed E-state index contributed by atoms with van der Waals surface area (Å²) in [6.45, 7) is 2.12. The molecule has 1 heterocycles. The SMILES string of the molecule is CCc1nc(C(N)CCSC)cs1. The zero-order valence-corrected chi connectivity index (χ0v) is 9.75. The van der Waals surface area contributed by atoms with Crippen LogP contribution in [0.5, 0.6) is 0 Å². The van der Waals surface area contributed by atoms with Crippen molar-refractivity contribution in [1.82, 2.24) is 4.98 Å². The number of hydrogen-bond donors (Lipinski definition) is 1. The predicted molar refractivity (Wildman–Crippen MR) is 61.4 cm³/mol. The summed E-state index contributed by atoms with van der Waals surface area (Å²) in [7, 11) is 0. The van der Waals surface area contributed by atoms with E-state index in [9.17, 15) is 0 Å². The molecule has 13 heavy (non-hydrogen) atoms. The molecule has 0 fully saturated rings. The van der Waals surface area contributed by atoms with Crippen LogP contribution >= 0.6 is 23.1 Å². The van der Waals surface area contributed by atoms with Crippen molar-refractivity contribution in [3.63, 3.8) is 0 Å². The van der Waals surface area contributed by atoms with E-state index in [2.05, 4.69) is 23.5 Å². The Morgan fingerprint density at radius 3 is 3.00 bits per heavy atom. The summed E-state index contributed by atoms with van der Waals surface area (Å²) in [6, 6.07) is 0.129. The molecule has 0 aliphatic carbocycles. The molecule has 0 saturated heterocycles. The number of aromatic nitrogens is 1. The quantitative estimate of drug-likeness (QED) is 0.821. The van der Waals surface area contributed by atoms with Gasteiger partial charge in [-0.2, -0.15) is 11.8 Å². The highest BCUT2D eigenvalue weighted by atomic mass is 32.2. The van der Waals surface area contributed by atoms with E-state index in [4.69, 9.17) is 5.73 Å². The lowest BCUT2D eigenvalue weighted by atomic mass is 10.2. The molecule has 1 aromatic rings. The van der Waals surface area contributed by atoms with Gasteiger partial charge in [0, 0.05) is 11.4 Å². The Kier molecular flexibility index (Phi) is 4.77. The first-order chi connectivity index (χ1) is 6.27. The first-order valence-electron chi connectivity index (χ1n) is 4.46. The van der Waals surface area contributed by atoms with Gasteiger partial charge in [-0.1, -0.05) is 6.92 Å². The number of thiazole rings is 1. The van der Waals surface area contributed by atoms with Crippen LogP contribution in [0.1, 0.15) is 30.1 Å². The Balaban J connectivity index is 2.50. The number of hydrogen-bond acceptors (Lipinski definition) is 4. The van der Waals surface area contributed by atoms with Crippen molar-refractivity contribution >= 4 is 23.1 Å². The van der Waals surface area contributed by atoms with Crippen LogP contribution in [0.3, 0.4) is 0 Å². The first kappa shape index (κ1) is 11.0. The van der Waals surface area contributed by atoms with Gasteiger partial charge < -0.3 is 5.73 Å². The molecule has 0 aromatic carbocycles. The fraction of sp³-hybridized carbons (Fsp3) is 0.667. The Morgan fingerprint density at radius 2 is 2.46 bits per heavy atom. The largest absolute Gasteiger partial charge is 0.323 e. The van der Waals surface area contributed by atoms with Gasteiger partial charge in [0.05, 0.1) is 10.7 Å². The third kappa shape index (κ3) is 3.29. The van der Waals surface area contributed by atoms with Crippen molar-refractivity contribution in [1.29, 1.82) is 0 Å². The number of aryl methyl sites for hydroxylation is 1. The number of nitrogens with two attached hydrogens (primary N) is 1. The van der Waals surface area contributed by atoms with E-state index in [1.54, 1.807) is 11.3 Å². The summed E-state index contributed by atoms with van der Waals surface area (Å²) in [5.74, 6) is 1.11. The van der Waals surface area contributed by atoms with E-state index >= 15 is 0 Å². The number of rotatable bonds is 5. The molecule has 0 aliphatic heterocycles. The Hall–Kier alpha value is -0.0600. The molecule has 2 N–H and O–H groups in total. The Labute approximate surface area is 87.9 Å². The minimum atomic E-state index is 0.129. The molecule has 0 amide bonds. The number of thioether (sulfide) groups is 1. The normalized spacial score (nSPS) is 13.2. The maximum absolute atomic E-state index is 5.98. The first-order valence-corrected chi connectivity index (χ1v) is 6.74. The van der Waals surface area contributed by atoms with E-state index in [-0.39, 0.29) is 6.04 Å². The van der Waals surface area contributed by atoms with E-state index in [0.717, 1.165) is 24.3 Å². The van der Waals surface area contributed by atoms with E-state index in [1.807, 2.05) is 11.8 Å². The lowest BCUT2D eigenvalue weighted by Gasteiger charge is -2.06. The van der Waals surface area contributed by atoms with Crippen molar-refractivity contribution in [2.45, 2.75) is 25.8 Å². The molecule has 0 spiro atoms. The lowest BCUT2D eigenvalue weighted by molar-refractivity contribution is 0.684. The summed E-state index contributed by atoms with van der Waals surface area (Å²) in [6.07, 6.45) is 4.14. The Bertz CT molecular complexity index is 248. The van der Waals surface area contributed by atoms with Crippen LogP contribution in [0, 0.1) is 0 Å². The van der Waals surface area contributed by atoms with Crippen LogP contribution in [0.2, 0.25) is 0 Å². The van der Waals surface area contributed by atoms with Crippen molar-refractivity contribution in [2.75, 3.05) is 12.0 Å². The summed E-state index contributed by atoms with van der Waals surface area (Å²) < 4.78 is 0. The zero-order valence-electron chi connectivity index (χ0n) is 8.12. The highest BCUT2D eigenvalue weighted by Crippen LogP contribution is 2.18. The second-order valence-corrected chi connectivity index (χ2v) is 4.84. The van der Waals surface area contributed by atoms with Crippen molar-refractivity contribution in [3.05, 3.63) is 16.1 Å². The van der Waals surface area contributed by atoms with E-state index in [0.29, 0.717) is 0 Å². The van der Waals surface area contributed by atoms with Gasteiger partial charge in [-0.05, 0) is 24.9 Å². The van der Waals surface area contributed by atoms with Crippen molar-refractivity contribution < 1.29 is 0 Å². The summed E-state index contributed by atoms with van der Waals surface area (Å²) in [5, 5.41) is 3.28. The van der Waals surface area contributed by atoms with Gasteiger partial charge in [0.2, 0.25) is 0 Å². The van der Waals surface area contributed by atoms with Crippen molar-refractivity contribution in [3.8, 4) is 0 Å². The molecule has 0 saturated carbocycles.